The minimum Gasteiger partial charge on any atom is -0.466 e. The van der Waals surface area contributed by atoms with Gasteiger partial charge in [-0.2, -0.15) is 0 Å². The number of hydrogen-bond acceptors (Lipinski definition) is 5. The highest BCUT2D eigenvalue weighted by molar-refractivity contribution is 5.94. The molecule has 120 valence electrons. The van der Waals surface area contributed by atoms with Gasteiger partial charge in [0.1, 0.15) is 0 Å². The summed E-state index contributed by atoms with van der Waals surface area (Å²) in [5, 5.41) is 0. The minimum atomic E-state index is -0.872. The fourth-order valence-electron chi connectivity index (χ4n) is 2.52. The lowest BCUT2D eigenvalue weighted by molar-refractivity contribution is -0.148. The van der Waals surface area contributed by atoms with Crippen molar-refractivity contribution in [1.82, 2.24) is 0 Å². The summed E-state index contributed by atoms with van der Waals surface area (Å²) in [5.41, 5.74) is 1.69. The SMILES string of the molecule is COC(=O)C1CN(c2ccc(N3C=CCCC=C3)cc2)C(=O)O1. The van der Waals surface area contributed by atoms with Gasteiger partial charge in [0.25, 0.3) is 0 Å². The number of carbonyl (C=O) groups excluding carboxylic acids is 2. The van der Waals surface area contributed by atoms with E-state index < -0.39 is 18.2 Å². The standard InChI is InChI=1S/C17H18N2O4/c1-22-16(20)15-12-19(17(21)23-15)14-8-6-13(7-9-14)18-10-4-2-3-5-11-18/h4-11,15H,2-3,12H2,1H3. The molecule has 6 heteroatoms. The Kier molecular flexibility index (Phi) is 4.32. The van der Waals surface area contributed by atoms with Crippen molar-refractivity contribution in [3.8, 4) is 0 Å². The molecular weight excluding hydrogens is 296 g/mol. The molecule has 0 radical (unpaired) electrons. The molecule has 23 heavy (non-hydrogen) atoms. The van der Waals surface area contributed by atoms with Gasteiger partial charge in [-0.25, -0.2) is 9.59 Å². The number of nitrogens with zero attached hydrogens (tertiary/aromatic N) is 2. The zero-order chi connectivity index (χ0) is 16.2. The summed E-state index contributed by atoms with van der Waals surface area (Å²) in [7, 11) is 1.27. The predicted octanol–water partition coefficient (Wildman–Crippen LogP) is 2.81. The molecule has 6 nitrogen and oxygen atoms in total. The van der Waals surface area contributed by atoms with Crippen LogP contribution in [-0.4, -0.2) is 31.8 Å². The van der Waals surface area contributed by atoms with Gasteiger partial charge in [-0.15, -0.1) is 0 Å². The van der Waals surface area contributed by atoms with Crippen LogP contribution >= 0.6 is 0 Å². The molecule has 0 spiro atoms. The molecule has 2 heterocycles. The van der Waals surface area contributed by atoms with Gasteiger partial charge in [-0.3, -0.25) is 4.90 Å². The Bertz CT molecular complexity index is 637. The van der Waals surface area contributed by atoms with Gasteiger partial charge >= 0.3 is 12.1 Å². The molecule has 1 amide bonds. The van der Waals surface area contributed by atoms with Crippen LogP contribution in [0, 0.1) is 0 Å². The summed E-state index contributed by atoms with van der Waals surface area (Å²) in [4.78, 5) is 26.8. The van der Waals surface area contributed by atoms with E-state index in [0.29, 0.717) is 5.69 Å². The van der Waals surface area contributed by atoms with E-state index in [0.717, 1.165) is 18.5 Å². The molecule has 1 saturated heterocycles. The predicted molar refractivity (Wildman–Crippen MR) is 86.1 cm³/mol. The number of rotatable bonds is 3. The van der Waals surface area contributed by atoms with E-state index in [-0.39, 0.29) is 6.54 Å². The van der Waals surface area contributed by atoms with Crippen molar-refractivity contribution in [2.75, 3.05) is 23.5 Å². The first-order valence-electron chi connectivity index (χ1n) is 7.47. The number of benzene rings is 1. The van der Waals surface area contributed by atoms with Crippen LogP contribution in [0.5, 0.6) is 0 Å². The molecule has 3 rings (SSSR count). The van der Waals surface area contributed by atoms with Crippen molar-refractivity contribution in [3.63, 3.8) is 0 Å². The van der Waals surface area contributed by atoms with Crippen LogP contribution in [0.15, 0.2) is 48.8 Å². The Morgan fingerprint density at radius 2 is 1.74 bits per heavy atom. The maximum atomic E-state index is 11.9. The first-order valence-corrected chi connectivity index (χ1v) is 7.47. The Morgan fingerprint density at radius 3 is 2.35 bits per heavy atom. The summed E-state index contributed by atoms with van der Waals surface area (Å²) >= 11 is 0. The Hall–Kier alpha value is -2.76. The van der Waals surface area contributed by atoms with Gasteiger partial charge in [-0.1, -0.05) is 12.2 Å². The topological polar surface area (TPSA) is 59.1 Å². The van der Waals surface area contributed by atoms with Gasteiger partial charge in [0.2, 0.25) is 6.10 Å². The van der Waals surface area contributed by atoms with Crippen LogP contribution in [0.3, 0.4) is 0 Å². The third-order valence-corrected chi connectivity index (χ3v) is 3.77. The molecule has 1 atom stereocenters. The maximum absolute atomic E-state index is 11.9. The number of amides is 1. The van der Waals surface area contributed by atoms with Gasteiger partial charge in [-0.05, 0) is 37.1 Å². The highest BCUT2D eigenvalue weighted by Crippen LogP contribution is 2.26. The van der Waals surface area contributed by atoms with E-state index in [1.54, 1.807) is 0 Å². The number of hydrogen-bond donors (Lipinski definition) is 0. The number of anilines is 2. The highest BCUT2D eigenvalue weighted by atomic mass is 16.6. The zero-order valence-corrected chi connectivity index (χ0v) is 12.8. The molecule has 0 aromatic heterocycles. The smallest absolute Gasteiger partial charge is 0.415 e. The first-order chi connectivity index (χ1) is 11.2. The summed E-state index contributed by atoms with van der Waals surface area (Å²) in [6.45, 7) is 0.161. The van der Waals surface area contributed by atoms with E-state index >= 15 is 0 Å². The lowest BCUT2D eigenvalue weighted by atomic mass is 10.2. The molecular formula is C17H18N2O4. The quantitative estimate of drug-likeness (QED) is 0.803. The normalized spacial score (nSPS) is 20.4. The fraction of sp³-hybridized carbons (Fsp3) is 0.294. The third-order valence-electron chi connectivity index (χ3n) is 3.77. The van der Waals surface area contributed by atoms with Crippen molar-refractivity contribution in [3.05, 3.63) is 48.8 Å². The van der Waals surface area contributed by atoms with Crippen molar-refractivity contribution in [2.45, 2.75) is 18.9 Å². The molecule has 1 aromatic rings. The third kappa shape index (κ3) is 3.21. The highest BCUT2D eigenvalue weighted by Gasteiger charge is 2.37. The molecule has 1 fully saturated rings. The van der Waals surface area contributed by atoms with Crippen LogP contribution in [0.1, 0.15) is 12.8 Å². The number of cyclic esters (lactones) is 1. The van der Waals surface area contributed by atoms with E-state index in [9.17, 15) is 9.59 Å². The molecule has 1 unspecified atom stereocenters. The second-order valence-electron chi connectivity index (χ2n) is 5.28. The zero-order valence-electron chi connectivity index (χ0n) is 12.8. The van der Waals surface area contributed by atoms with Crippen LogP contribution < -0.4 is 9.80 Å². The summed E-state index contributed by atoms with van der Waals surface area (Å²) in [6, 6.07) is 7.52. The molecule has 0 saturated carbocycles. The summed E-state index contributed by atoms with van der Waals surface area (Å²) in [6.07, 6.45) is 8.93. The van der Waals surface area contributed by atoms with E-state index in [1.807, 2.05) is 41.6 Å². The van der Waals surface area contributed by atoms with Crippen LogP contribution in [-0.2, 0) is 14.3 Å². The molecule has 2 aliphatic heterocycles. The maximum Gasteiger partial charge on any atom is 0.415 e. The van der Waals surface area contributed by atoms with Gasteiger partial charge in [0.05, 0.1) is 13.7 Å². The van der Waals surface area contributed by atoms with Crippen molar-refractivity contribution in [2.24, 2.45) is 0 Å². The monoisotopic (exact) mass is 314 g/mol. The fourth-order valence-corrected chi connectivity index (χ4v) is 2.52. The van der Waals surface area contributed by atoms with Gasteiger partial charge in [0.15, 0.2) is 0 Å². The van der Waals surface area contributed by atoms with Crippen LogP contribution in [0.2, 0.25) is 0 Å². The Labute approximate surface area is 134 Å². The van der Waals surface area contributed by atoms with Crippen LogP contribution in [0.25, 0.3) is 0 Å². The first kappa shape index (κ1) is 15.1. The second-order valence-corrected chi connectivity index (χ2v) is 5.28. The molecule has 0 bridgehead atoms. The summed E-state index contributed by atoms with van der Waals surface area (Å²) < 4.78 is 9.64. The van der Waals surface area contributed by atoms with E-state index in [2.05, 4.69) is 16.9 Å². The van der Waals surface area contributed by atoms with E-state index in [4.69, 9.17) is 4.74 Å². The van der Waals surface area contributed by atoms with Crippen molar-refractivity contribution in [1.29, 1.82) is 0 Å². The number of allylic oxidation sites excluding steroid dienone is 2. The summed E-state index contributed by atoms with van der Waals surface area (Å²) in [5.74, 6) is -0.544. The lowest BCUT2D eigenvalue weighted by Gasteiger charge is -2.17. The average Bonchev–Trinajstić information content (AvgIpc) is 2.79. The average molecular weight is 314 g/mol. The molecule has 1 aromatic carbocycles. The second kappa shape index (κ2) is 6.56. The van der Waals surface area contributed by atoms with E-state index in [1.165, 1.54) is 12.0 Å². The van der Waals surface area contributed by atoms with Crippen molar-refractivity contribution >= 4 is 23.4 Å². The number of esters is 1. The molecule has 0 aliphatic carbocycles. The van der Waals surface area contributed by atoms with Gasteiger partial charge < -0.3 is 14.4 Å². The molecule has 0 N–H and O–H groups in total. The van der Waals surface area contributed by atoms with Crippen LogP contribution in [0.4, 0.5) is 16.2 Å². The largest absolute Gasteiger partial charge is 0.466 e. The Morgan fingerprint density at radius 1 is 1.13 bits per heavy atom. The van der Waals surface area contributed by atoms with Crippen molar-refractivity contribution < 1.29 is 19.1 Å². The number of carbonyl (C=O) groups is 2. The molecule has 2 aliphatic rings. The number of ether oxygens (including phenoxy) is 2. The van der Waals surface area contributed by atoms with Gasteiger partial charge in [0, 0.05) is 23.8 Å². The Balaban J connectivity index is 1.74. The minimum absolute atomic E-state index is 0.161. The number of methoxy groups -OCH3 is 1. The lowest BCUT2D eigenvalue weighted by Crippen LogP contribution is -2.28.